The van der Waals surface area contributed by atoms with Gasteiger partial charge in [0.05, 0.1) is 0 Å². The quantitative estimate of drug-likeness (QED) is 0.691. The van der Waals surface area contributed by atoms with Crippen LogP contribution in [-0.4, -0.2) is 15.2 Å². The highest BCUT2D eigenvalue weighted by atomic mass is 32.1. The highest BCUT2D eigenvalue weighted by Crippen LogP contribution is 2.19. The Bertz CT molecular complexity index is 455. The van der Waals surface area contributed by atoms with Gasteiger partial charge >= 0.3 is 0 Å². The maximum absolute atomic E-state index is 10.7. The van der Waals surface area contributed by atoms with Crippen LogP contribution < -0.4 is 11.3 Å². The molecule has 0 aliphatic rings. The van der Waals surface area contributed by atoms with Crippen LogP contribution in [-0.2, 0) is 0 Å². The molecule has 0 spiro atoms. The van der Waals surface area contributed by atoms with Gasteiger partial charge in [-0.1, -0.05) is 0 Å². The Morgan fingerprint density at radius 1 is 1.38 bits per heavy atom. The third kappa shape index (κ3) is 1.57. The number of rotatable bonds is 1. The maximum Gasteiger partial charge on any atom is 0.264 e. The zero-order valence-corrected chi connectivity index (χ0v) is 7.34. The molecule has 66 valence electrons. The van der Waals surface area contributed by atoms with Gasteiger partial charge in [0.1, 0.15) is 11.4 Å². The van der Waals surface area contributed by atoms with Gasteiger partial charge in [0, 0.05) is 11.4 Å². The number of anilines is 1. The predicted octanol–water partition coefficient (Wildman–Crippen LogP) is 0.476. The average Bonchev–Trinajstić information content (AvgIpc) is 2.53. The molecule has 3 N–H and O–H groups in total. The molecule has 0 aliphatic heterocycles. The summed E-state index contributed by atoms with van der Waals surface area (Å²) in [5, 5.41) is 8.42. The summed E-state index contributed by atoms with van der Waals surface area (Å²) in [6, 6.07) is 3.01. The molecule has 2 heterocycles. The van der Waals surface area contributed by atoms with Crippen molar-refractivity contribution in [3.8, 4) is 11.4 Å². The molecule has 0 bridgehead atoms. The molecular weight excluding hydrogens is 188 g/mol. The number of hydrogen-bond acceptors (Lipinski definition) is 5. The molecule has 0 radical (unpaired) electrons. The molecule has 0 atom stereocenters. The van der Waals surface area contributed by atoms with E-state index in [2.05, 4.69) is 15.2 Å². The van der Waals surface area contributed by atoms with Gasteiger partial charge < -0.3 is 5.73 Å². The number of nitrogens with two attached hydrogens (primary N) is 1. The number of nitrogens with one attached hydrogen (secondary N) is 1. The Morgan fingerprint density at radius 2 is 2.23 bits per heavy atom. The van der Waals surface area contributed by atoms with Crippen LogP contribution in [0.3, 0.4) is 0 Å². The molecule has 6 heteroatoms. The molecule has 5 nitrogen and oxygen atoms in total. The van der Waals surface area contributed by atoms with Crippen LogP contribution in [0.2, 0.25) is 0 Å². The van der Waals surface area contributed by atoms with Crippen molar-refractivity contribution in [2.45, 2.75) is 0 Å². The smallest absolute Gasteiger partial charge is 0.264 e. The highest BCUT2D eigenvalue weighted by Gasteiger charge is 2.02. The third-order valence-electron chi connectivity index (χ3n) is 1.46. The molecule has 2 aromatic rings. The minimum Gasteiger partial charge on any atom is -0.375 e. The van der Waals surface area contributed by atoms with E-state index < -0.39 is 0 Å². The molecule has 0 amide bonds. The van der Waals surface area contributed by atoms with Gasteiger partial charge in [-0.05, 0) is 6.07 Å². The summed E-state index contributed by atoms with van der Waals surface area (Å²) in [5.74, 6) is 0. The standard InChI is InChI=1S/C7H6N4OS/c8-7-9-5(3-13-7)4-1-2-6(12)11-10-4/h1-3H,(H2,8,9)(H,11,12). The number of nitrogen functional groups attached to an aromatic ring is 1. The lowest BCUT2D eigenvalue weighted by Gasteiger charge is -1.91. The predicted molar refractivity (Wildman–Crippen MR) is 50.4 cm³/mol. The van der Waals surface area contributed by atoms with Gasteiger partial charge in [0.25, 0.3) is 5.56 Å². The largest absolute Gasteiger partial charge is 0.375 e. The molecule has 0 aromatic carbocycles. The molecule has 0 fully saturated rings. The van der Waals surface area contributed by atoms with E-state index in [9.17, 15) is 4.79 Å². The van der Waals surface area contributed by atoms with Crippen molar-refractivity contribution in [3.63, 3.8) is 0 Å². The number of aromatic nitrogens is 3. The van der Waals surface area contributed by atoms with Gasteiger partial charge in [-0.25, -0.2) is 10.1 Å². The zero-order valence-electron chi connectivity index (χ0n) is 6.52. The van der Waals surface area contributed by atoms with E-state index >= 15 is 0 Å². The Kier molecular flexibility index (Phi) is 1.82. The molecule has 0 aliphatic carbocycles. The minimum absolute atomic E-state index is 0.230. The number of H-pyrrole nitrogens is 1. The Labute approximate surface area is 77.3 Å². The average molecular weight is 194 g/mol. The van der Waals surface area contributed by atoms with Crippen molar-refractivity contribution in [3.05, 3.63) is 27.9 Å². The summed E-state index contributed by atoms with van der Waals surface area (Å²) >= 11 is 1.34. The lowest BCUT2D eigenvalue weighted by atomic mass is 10.3. The normalized spacial score (nSPS) is 10.2. The summed E-state index contributed by atoms with van der Waals surface area (Å²) < 4.78 is 0. The second-order valence-electron chi connectivity index (χ2n) is 2.38. The summed E-state index contributed by atoms with van der Waals surface area (Å²) in [6.45, 7) is 0. The monoisotopic (exact) mass is 194 g/mol. The van der Waals surface area contributed by atoms with Crippen LogP contribution in [0.4, 0.5) is 5.13 Å². The van der Waals surface area contributed by atoms with Gasteiger partial charge in [-0.15, -0.1) is 11.3 Å². The number of aromatic amines is 1. The molecular formula is C7H6N4OS. The van der Waals surface area contributed by atoms with E-state index in [1.54, 1.807) is 11.4 Å². The van der Waals surface area contributed by atoms with E-state index in [-0.39, 0.29) is 5.56 Å². The first kappa shape index (κ1) is 7.93. The Hall–Kier alpha value is -1.69. The summed E-state index contributed by atoms with van der Waals surface area (Å²) in [5.41, 5.74) is 6.52. The number of thiazole rings is 1. The molecule has 2 aromatic heterocycles. The highest BCUT2D eigenvalue weighted by molar-refractivity contribution is 7.13. The van der Waals surface area contributed by atoms with Gasteiger partial charge in [-0.3, -0.25) is 4.79 Å². The topological polar surface area (TPSA) is 84.7 Å². The van der Waals surface area contributed by atoms with Crippen LogP contribution in [0, 0.1) is 0 Å². The second kappa shape index (κ2) is 2.98. The molecule has 0 saturated heterocycles. The van der Waals surface area contributed by atoms with E-state index in [4.69, 9.17) is 5.73 Å². The number of hydrogen-bond donors (Lipinski definition) is 2. The van der Waals surface area contributed by atoms with Crippen molar-refractivity contribution in [1.29, 1.82) is 0 Å². The summed E-state index contributed by atoms with van der Waals surface area (Å²) in [6.07, 6.45) is 0. The first-order chi connectivity index (χ1) is 6.25. The molecule has 2 rings (SSSR count). The molecule has 13 heavy (non-hydrogen) atoms. The first-order valence-corrected chi connectivity index (χ1v) is 4.41. The van der Waals surface area contributed by atoms with Crippen LogP contribution in [0.15, 0.2) is 22.3 Å². The van der Waals surface area contributed by atoms with E-state index in [1.165, 1.54) is 17.4 Å². The lowest BCUT2D eigenvalue weighted by Crippen LogP contribution is -2.05. The fourth-order valence-corrected chi connectivity index (χ4v) is 1.45. The Balaban J connectivity index is 2.47. The SMILES string of the molecule is Nc1nc(-c2ccc(=O)[nH]n2)cs1. The first-order valence-electron chi connectivity index (χ1n) is 3.53. The van der Waals surface area contributed by atoms with Crippen LogP contribution in [0.5, 0.6) is 0 Å². The van der Waals surface area contributed by atoms with Crippen LogP contribution in [0.1, 0.15) is 0 Å². The van der Waals surface area contributed by atoms with Crippen molar-refractivity contribution < 1.29 is 0 Å². The Morgan fingerprint density at radius 3 is 2.77 bits per heavy atom. The van der Waals surface area contributed by atoms with E-state index in [1.807, 2.05) is 0 Å². The third-order valence-corrected chi connectivity index (χ3v) is 2.14. The van der Waals surface area contributed by atoms with Crippen molar-refractivity contribution >= 4 is 16.5 Å². The van der Waals surface area contributed by atoms with Gasteiger partial charge in [-0.2, -0.15) is 5.10 Å². The molecule has 0 saturated carbocycles. The van der Waals surface area contributed by atoms with Crippen LogP contribution >= 0.6 is 11.3 Å². The van der Waals surface area contributed by atoms with Gasteiger partial charge in [0.15, 0.2) is 5.13 Å². The maximum atomic E-state index is 10.7. The van der Waals surface area contributed by atoms with Crippen LogP contribution in [0.25, 0.3) is 11.4 Å². The van der Waals surface area contributed by atoms with Gasteiger partial charge in [0.2, 0.25) is 0 Å². The van der Waals surface area contributed by atoms with Crippen molar-refractivity contribution in [2.75, 3.05) is 5.73 Å². The summed E-state index contributed by atoms with van der Waals surface area (Å²) in [7, 11) is 0. The minimum atomic E-state index is -0.230. The van der Waals surface area contributed by atoms with Crippen molar-refractivity contribution in [2.24, 2.45) is 0 Å². The lowest BCUT2D eigenvalue weighted by molar-refractivity contribution is 0.991. The van der Waals surface area contributed by atoms with E-state index in [0.717, 1.165) is 0 Å². The fraction of sp³-hybridized carbons (Fsp3) is 0. The molecule has 0 unspecified atom stereocenters. The van der Waals surface area contributed by atoms with Crippen molar-refractivity contribution in [1.82, 2.24) is 15.2 Å². The zero-order chi connectivity index (χ0) is 9.26. The second-order valence-corrected chi connectivity index (χ2v) is 3.27. The van der Waals surface area contributed by atoms with E-state index in [0.29, 0.717) is 16.5 Å². The fourth-order valence-electron chi connectivity index (χ4n) is 0.892. The number of nitrogens with zero attached hydrogens (tertiary/aromatic N) is 2. The summed E-state index contributed by atoms with van der Waals surface area (Å²) in [4.78, 5) is 14.7.